The molecule has 1 aliphatic rings. The van der Waals surface area contributed by atoms with Crippen molar-refractivity contribution < 1.29 is 9.53 Å². The van der Waals surface area contributed by atoms with E-state index in [0.717, 1.165) is 17.0 Å². The van der Waals surface area contributed by atoms with Gasteiger partial charge in [-0.25, -0.2) is 0 Å². The van der Waals surface area contributed by atoms with E-state index in [1.54, 1.807) is 6.33 Å². The van der Waals surface area contributed by atoms with Crippen LogP contribution < -0.4 is 10.1 Å². The van der Waals surface area contributed by atoms with Crippen molar-refractivity contribution in [1.29, 1.82) is 0 Å². The second-order valence-electron chi connectivity index (χ2n) is 5.90. The van der Waals surface area contributed by atoms with Crippen LogP contribution >= 0.6 is 0 Å². The molecule has 126 valence electrons. The molecule has 0 radical (unpaired) electrons. The predicted molar refractivity (Wildman–Crippen MR) is 92.5 cm³/mol. The third kappa shape index (κ3) is 3.10. The van der Waals surface area contributed by atoms with Crippen LogP contribution in [0.25, 0.3) is 5.69 Å². The summed E-state index contributed by atoms with van der Waals surface area (Å²) in [6, 6.07) is 17.5. The number of carbonyl (C=O) groups is 1. The molecular formula is C19H18N4O2. The number of hydrogen-bond acceptors (Lipinski definition) is 4. The lowest BCUT2D eigenvalue weighted by molar-refractivity contribution is -0.123. The molecule has 6 heteroatoms. The summed E-state index contributed by atoms with van der Waals surface area (Å²) in [4.78, 5) is 12.7. The molecule has 2 aromatic carbocycles. The molecular weight excluding hydrogens is 316 g/mol. The van der Waals surface area contributed by atoms with E-state index in [1.807, 2.05) is 59.2 Å². The van der Waals surface area contributed by atoms with Crippen molar-refractivity contribution in [3.63, 3.8) is 0 Å². The number of hydrogen-bond donors (Lipinski definition) is 1. The highest BCUT2D eigenvalue weighted by Crippen LogP contribution is 2.33. The molecule has 0 aliphatic carbocycles. The van der Waals surface area contributed by atoms with Gasteiger partial charge in [0, 0.05) is 11.3 Å². The fourth-order valence-corrected chi connectivity index (χ4v) is 3.09. The smallest absolute Gasteiger partial charge is 0.228 e. The van der Waals surface area contributed by atoms with E-state index >= 15 is 0 Å². The van der Waals surface area contributed by atoms with Crippen molar-refractivity contribution in [2.75, 3.05) is 6.61 Å². The normalized spacial score (nSPS) is 15.9. The maximum Gasteiger partial charge on any atom is 0.228 e. The summed E-state index contributed by atoms with van der Waals surface area (Å²) in [6.07, 6.45) is 2.33. The minimum Gasteiger partial charge on any atom is -0.493 e. The van der Waals surface area contributed by atoms with Gasteiger partial charge in [-0.15, -0.1) is 10.2 Å². The zero-order valence-corrected chi connectivity index (χ0v) is 13.6. The van der Waals surface area contributed by atoms with Crippen molar-refractivity contribution in [2.24, 2.45) is 0 Å². The molecule has 0 bridgehead atoms. The number of carbonyl (C=O) groups excluding carboxylic acids is 1. The van der Waals surface area contributed by atoms with E-state index in [2.05, 4.69) is 15.5 Å². The molecule has 0 saturated carbocycles. The minimum absolute atomic E-state index is 0.0154. The molecule has 1 aliphatic heterocycles. The summed E-state index contributed by atoms with van der Waals surface area (Å²) in [5, 5.41) is 11.1. The summed E-state index contributed by atoms with van der Waals surface area (Å²) in [5.74, 6) is 1.28. The zero-order valence-electron chi connectivity index (χ0n) is 13.6. The highest BCUT2D eigenvalue weighted by atomic mass is 16.5. The third-order valence-electron chi connectivity index (χ3n) is 4.35. The first kappa shape index (κ1) is 15.4. The molecule has 1 aromatic heterocycles. The fourth-order valence-electron chi connectivity index (χ4n) is 3.09. The Hall–Kier alpha value is -3.15. The highest BCUT2D eigenvalue weighted by Gasteiger charge is 2.27. The summed E-state index contributed by atoms with van der Waals surface area (Å²) >= 11 is 0. The quantitative estimate of drug-likeness (QED) is 0.796. The Morgan fingerprint density at radius 2 is 1.96 bits per heavy atom. The number of para-hydroxylation sites is 2. The summed E-state index contributed by atoms with van der Waals surface area (Å²) < 4.78 is 7.50. The average Bonchev–Trinajstić information content (AvgIpc) is 3.15. The van der Waals surface area contributed by atoms with Crippen LogP contribution in [0.2, 0.25) is 0 Å². The zero-order chi connectivity index (χ0) is 17.1. The summed E-state index contributed by atoms with van der Waals surface area (Å²) in [5.41, 5.74) is 1.91. The van der Waals surface area contributed by atoms with Gasteiger partial charge in [-0.05, 0) is 24.6 Å². The lowest BCUT2D eigenvalue weighted by Crippen LogP contribution is -2.32. The third-order valence-corrected chi connectivity index (χ3v) is 4.35. The van der Waals surface area contributed by atoms with E-state index in [-0.39, 0.29) is 11.8 Å². The van der Waals surface area contributed by atoms with Gasteiger partial charge in [-0.3, -0.25) is 9.36 Å². The van der Waals surface area contributed by atoms with Gasteiger partial charge in [0.15, 0.2) is 5.82 Å². The lowest BCUT2D eigenvalue weighted by Gasteiger charge is -2.25. The van der Waals surface area contributed by atoms with Gasteiger partial charge in [0.1, 0.15) is 12.1 Å². The number of nitrogens with one attached hydrogen (secondary N) is 1. The number of benzene rings is 2. The van der Waals surface area contributed by atoms with Crippen LogP contribution in [0.5, 0.6) is 5.75 Å². The average molecular weight is 334 g/mol. The summed E-state index contributed by atoms with van der Waals surface area (Å²) in [6.45, 7) is 0.878. The SMILES string of the molecule is O=C(NCc1nncn1-c1ccccc1)[C@H]1CCOc2ccccc21. The molecule has 6 nitrogen and oxygen atoms in total. The summed E-state index contributed by atoms with van der Waals surface area (Å²) in [7, 11) is 0. The number of aromatic nitrogens is 3. The first-order valence-electron chi connectivity index (χ1n) is 8.26. The number of nitrogens with zero attached hydrogens (tertiary/aromatic N) is 3. The fraction of sp³-hybridized carbons (Fsp3) is 0.211. The molecule has 1 N–H and O–H groups in total. The number of fused-ring (bicyclic) bond motifs is 1. The molecule has 0 saturated heterocycles. The minimum atomic E-state index is -0.196. The van der Waals surface area contributed by atoms with E-state index in [1.165, 1.54) is 0 Å². The van der Waals surface area contributed by atoms with Crippen LogP contribution in [0, 0.1) is 0 Å². The first-order chi connectivity index (χ1) is 12.3. The van der Waals surface area contributed by atoms with Crippen molar-refractivity contribution in [1.82, 2.24) is 20.1 Å². The van der Waals surface area contributed by atoms with Crippen LogP contribution in [-0.2, 0) is 11.3 Å². The second kappa shape index (κ2) is 6.76. The molecule has 0 unspecified atom stereocenters. The van der Waals surface area contributed by atoms with Crippen molar-refractivity contribution >= 4 is 5.91 Å². The van der Waals surface area contributed by atoms with E-state index in [4.69, 9.17) is 4.74 Å². The van der Waals surface area contributed by atoms with Crippen LogP contribution in [-0.4, -0.2) is 27.3 Å². The van der Waals surface area contributed by atoms with E-state index < -0.39 is 0 Å². The lowest BCUT2D eigenvalue weighted by atomic mass is 9.92. The molecule has 4 rings (SSSR count). The van der Waals surface area contributed by atoms with Gasteiger partial charge < -0.3 is 10.1 Å². The Morgan fingerprint density at radius 3 is 2.84 bits per heavy atom. The number of amides is 1. The Balaban J connectivity index is 1.48. The number of rotatable bonds is 4. The topological polar surface area (TPSA) is 69.0 Å². The predicted octanol–water partition coefficient (Wildman–Crippen LogP) is 2.45. The van der Waals surface area contributed by atoms with E-state index in [0.29, 0.717) is 25.4 Å². The van der Waals surface area contributed by atoms with Gasteiger partial charge >= 0.3 is 0 Å². The van der Waals surface area contributed by atoms with Gasteiger partial charge in [-0.2, -0.15) is 0 Å². The number of ether oxygens (including phenoxy) is 1. The van der Waals surface area contributed by atoms with Crippen LogP contribution in [0.1, 0.15) is 23.7 Å². The van der Waals surface area contributed by atoms with Gasteiger partial charge in [-0.1, -0.05) is 36.4 Å². The standard InChI is InChI=1S/C19H18N4O2/c24-19(16-10-11-25-17-9-5-4-8-15(16)17)20-12-18-22-21-13-23(18)14-6-2-1-3-7-14/h1-9,13,16H,10-12H2,(H,20,24)/t16-/m0/s1. The maximum atomic E-state index is 12.7. The first-order valence-corrected chi connectivity index (χ1v) is 8.26. The Kier molecular flexibility index (Phi) is 4.16. The molecule has 25 heavy (non-hydrogen) atoms. The van der Waals surface area contributed by atoms with Crippen molar-refractivity contribution in [3.05, 3.63) is 72.3 Å². The van der Waals surface area contributed by atoms with Crippen molar-refractivity contribution in [3.8, 4) is 11.4 Å². The Labute approximate surface area is 145 Å². The second-order valence-corrected chi connectivity index (χ2v) is 5.90. The Morgan fingerprint density at radius 1 is 1.16 bits per heavy atom. The molecule has 0 spiro atoms. The Bertz CT molecular complexity index is 876. The molecule has 0 fully saturated rings. The molecule has 1 atom stereocenters. The maximum absolute atomic E-state index is 12.7. The van der Waals surface area contributed by atoms with Gasteiger partial charge in [0.2, 0.25) is 5.91 Å². The molecule has 1 amide bonds. The molecule has 2 heterocycles. The van der Waals surface area contributed by atoms with Gasteiger partial charge in [0.25, 0.3) is 0 Å². The highest BCUT2D eigenvalue weighted by molar-refractivity contribution is 5.84. The van der Waals surface area contributed by atoms with Crippen LogP contribution in [0.3, 0.4) is 0 Å². The van der Waals surface area contributed by atoms with Crippen molar-refractivity contribution in [2.45, 2.75) is 18.9 Å². The van der Waals surface area contributed by atoms with E-state index in [9.17, 15) is 4.79 Å². The van der Waals surface area contributed by atoms with Crippen LogP contribution in [0.4, 0.5) is 0 Å². The van der Waals surface area contributed by atoms with Gasteiger partial charge in [0.05, 0.1) is 19.1 Å². The largest absolute Gasteiger partial charge is 0.493 e. The van der Waals surface area contributed by atoms with Crippen LogP contribution in [0.15, 0.2) is 60.9 Å². The molecule has 3 aromatic rings. The monoisotopic (exact) mass is 334 g/mol.